The van der Waals surface area contributed by atoms with Gasteiger partial charge in [-0.1, -0.05) is 27.7 Å². The smallest absolute Gasteiger partial charge is 0.407 e. The topological polar surface area (TPSA) is 83.8 Å². The number of rotatable bonds is 9. The highest BCUT2D eigenvalue weighted by atomic mass is 16.5. The predicted molar refractivity (Wildman–Crippen MR) is 114 cm³/mol. The molecule has 8 heteroatoms. The molecule has 1 aromatic rings. The van der Waals surface area contributed by atoms with Gasteiger partial charge in [-0.2, -0.15) is 5.10 Å². The van der Waals surface area contributed by atoms with Gasteiger partial charge in [0.15, 0.2) is 5.96 Å². The zero-order chi connectivity index (χ0) is 21.3. The van der Waals surface area contributed by atoms with Gasteiger partial charge in [-0.3, -0.25) is 9.67 Å². The Kier molecular flexibility index (Phi) is 9.82. The van der Waals surface area contributed by atoms with Gasteiger partial charge in [-0.15, -0.1) is 0 Å². The first-order valence-corrected chi connectivity index (χ1v) is 10.0. The Morgan fingerprint density at radius 3 is 2.57 bits per heavy atom. The number of nitrogens with one attached hydrogen (secondary N) is 2. The first-order chi connectivity index (χ1) is 13.2. The van der Waals surface area contributed by atoms with Gasteiger partial charge in [-0.05, 0) is 25.2 Å². The van der Waals surface area contributed by atoms with Crippen molar-refractivity contribution in [1.29, 1.82) is 0 Å². The van der Waals surface area contributed by atoms with Crippen LogP contribution in [0.3, 0.4) is 0 Å². The maximum absolute atomic E-state index is 11.8. The number of nitrogens with zero attached hydrogens (tertiary/aromatic N) is 4. The highest BCUT2D eigenvalue weighted by molar-refractivity contribution is 5.79. The summed E-state index contributed by atoms with van der Waals surface area (Å²) in [6.07, 6.45) is 2.53. The summed E-state index contributed by atoms with van der Waals surface area (Å²) in [5.74, 6) is 1.60. The molecule has 0 spiro atoms. The van der Waals surface area contributed by atoms with Crippen molar-refractivity contribution >= 4 is 12.1 Å². The Morgan fingerprint density at radius 2 is 2.04 bits per heavy atom. The molecule has 8 nitrogen and oxygen atoms in total. The monoisotopic (exact) mass is 394 g/mol. The molecule has 0 fully saturated rings. The normalized spacial score (nSPS) is 13.0. The van der Waals surface area contributed by atoms with E-state index in [1.54, 1.807) is 14.0 Å². The third-order valence-corrected chi connectivity index (χ3v) is 4.32. The highest BCUT2D eigenvalue weighted by Gasteiger charge is 2.18. The molecule has 1 amide bonds. The quantitative estimate of drug-likeness (QED) is 0.497. The van der Waals surface area contributed by atoms with Crippen LogP contribution in [0.4, 0.5) is 4.79 Å². The molecule has 0 aliphatic heterocycles. The van der Waals surface area contributed by atoms with Crippen LogP contribution < -0.4 is 10.6 Å². The third kappa shape index (κ3) is 7.78. The molecule has 1 aromatic heterocycles. The molecule has 1 unspecified atom stereocenters. The Bertz CT molecular complexity index is 639. The molecule has 1 heterocycles. The maximum atomic E-state index is 11.8. The summed E-state index contributed by atoms with van der Waals surface area (Å²) in [6.45, 7) is 12.0. The number of alkyl carbamates (subject to hydrolysis) is 1. The largest absolute Gasteiger partial charge is 0.450 e. The van der Waals surface area contributed by atoms with Crippen molar-refractivity contribution in [3.05, 3.63) is 17.5 Å². The van der Waals surface area contributed by atoms with Gasteiger partial charge >= 0.3 is 6.09 Å². The number of carbonyl (C=O) groups is 1. The molecule has 160 valence electrons. The summed E-state index contributed by atoms with van der Waals surface area (Å²) in [5, 5.41) is 10.9. The average molecular weight is 395 g/mol. The van der Waals surface area contributed by atoms with Crippen LogP contribution in [0.2, 0.25) is 0 Å². The minimum atomic E-state index is -0.379. The lowest BCUT2D eigenvalue weighted by Gasteiger charge is -2.26. The number of carbonyl (C=O) groups excluding carboxylic acids is 1. The van der Waals surface area contributed by atoms with Gasteiger partial charge in [0.1, 0.15) is 0 Å². The van der Waals surface area contributed by atoms with Crippen LogP contribution in [-0.4, -0.2) is 60.0 Å². The standard InChI is InChI=1S/C20H38N6O2/c1-9-28-20(27)23-17(10-14(2)3)11-22-19(21-6)25(7)12-16-13-26(8)24-18(16)15(4)5/h13-15,17H,9-12H2,1-8H3,(H,21,22)(H,23,27). The van der Waals surface area contributed by atoms with Crippen LogP contribution >= 0.6 is 0 Å². The molecule has 28 heavy (non-hydrogen) atoms. The predicted octanol–water partition coefficient (Wildman–Crippen LogP) is 2.71. The summed E-state index contributed by atoms with van der Waals surface area (Å²) in [4.78, 5) is 18.3. The average Bonchev–Trinajstić information content (AvgIpc) is 2.95. The Balaban J connectivity index is 2.74. The van der Waals surface area contributed by atoms with Crippen LogP contribution in [0, 0.1) is 5.92 Å². The Morgan fingerprint density at radius 1 is 1.36 bits per heavy atom. The van der Waals surface area contributed by atoms with Crippen LogP contribution in [0.15, 0.2) is 11.2 Å². The van der Waals surface area contributed by atoms with E-state index in [0.717, 1.165) is 18.1 Å². The van der Waals surface area contributed by atoms with Crippen LogP contribution in [-0.2, 0) is 18.3 Å². The fourth-order valence-electron chi connectivity index (χ4n) is 3.19. The van der Waals surface area contributed by atoms with E-state index in [-0.39, 0.29) is 12.1 Å². The fourth-order valence-corrected chi connectivity index (χ4v) is 3.19. The van der Waals surface area contributed by atoms with E-state index in [2.05, 4.69) is 59.5 Å². The van der Waals surface area contributed by atoms with Crippen molar-refractivity contribution in [3.8, 4) is 0 Å². The van der Waals surface area contributed by atoms with Crippen LogP contribution in [0.5, 0.6) is 0 Å². The second-order valence-corrected chi connectivity index (χ2v) is 7.84. The van der Waals surface area contributed by atoms with Crippen LogP contribution in [0.25, 0.3) is 0 Å². The minimum absolute atomic E-state index is 0.0335. The highest BCUT2D eigenvalue weighted by Crippen LogP contribution is 2.18. The van der Waals surface area contributed by atoms with Crippen molar-refractivity contribution in [2.24, 2.45) is 18.0 Å². The van der Waals surface area contributed by atoms with Gasteiger partial charge in [0.25, 0.3) is 0 Å². The van der Waals surface area contributed by atoms with E-state index < -0.39 is 0 Å². The first-order valence-electron chi connectivity index (χ1n) is 10.0. The molecule has 0 aliphatic carbocycles. The fraction of sp³-hybridized carbons (Fsp3) is 0.750. The molecule has 1 atom stereocenters. The first kappa shape index (κ1) is 23.8. The van der Waals surface area contributed by atoms with Gasteiger partial charge in [0, 0.05) is 52.0 Å². The lowest BCUT2D eigenvalue weighted by atomic mass is 10.0. The molecule has 0 saturated heterocycles. The minimum Gasteiger partial charge on any atom is -0.450 e. The number of aryl methyl sites for hydroxylation is 1. The second-order valence-electron chi connectivity index (χ2n) is 7.84. The summed E-state index contributed by atoms with van der Waals surface area (Å²) >= 11 is 0. The number of aliphatic imine (C=N–C) groups is 1. The van der Waals surface area contributed by atoms with Crippen molar-refractivity contribution in [2.45, 2.75) is 59.5 Å². The Labute approximate surface area is 169 Å². The molecule has 0 aromatic carbocycles. The maximum Gasteiger partial charge on any atom is 0.407 e. The van der Waals surface area contributed by atoms with Crippen molar-refractivity contribution in [2.75, 3.05) is 27.2 Å². The van der Waals surface area contributed by atoms with E-state index >= 15 is 0 Å². The second kappa shape index (κ2) is 11.6. The molecule has 0 aliphatic rings. The van der Waals surface area contributed by atoms with E-state index in [1.807, 2.05) is 18.8 Å². The molecule has 2 N–H and O–H groups in total. The molecule has 1 rings (SSSR count). The molecule has 0 radical (unpaired) electrons. The molecular weight excluding hydrogens is 356 g/mol. The third-order valence-electron chi connectivity index (χ3n) is 4.32. The van der Waals surface area contributed by atoms with Gasteiger partial charge < -0.3 is 20.3 Å². The number of aromatic nitrogens is 2. The van der Waals surface area contributed by atoms with Gasteiger partial charge in [0.05, 0.1) is 12.3 Å². The van der Waals surface area contributed by atoms with Gasteiger partial charge in [0.2, 0.25) is 0 Å². The molecule has 0 saturated carbocycles. The molecule has 0 bridgehead atoms. The summed E-state index contributed by atoms with van der Waals surface area (Å²) < 4.78 is 6.88. The van der Waals surface area contributed by atoms with E-state index in [1.165, 1.54) is 5.56 Å². The lowest BCUT2D eigenvalue weighted by molar-refractivity contribution is 0.146. The molecular formula is C20H38N6O2. The number of ether oxygens (including phenoxy) is 1. The van der Waals surface area contributed by atoms with Crippen LogP contribution in [0.1, 0.15) is 58.2 Å². The van der Waals surface area contributed by atoms with E-state index in [9.17, 15) is 4.79 Å². The Hall–Kier alpha value is -2.25. The van der Waals surface area contributed by atoms with Crippen molar-refractivity contribution in [3.63, 3.8) is 0 Å². The van der Waals surface area contributed by atoms with Gasteiger partial charge in [-0.25, -0.2) is 4.79 Å². The zero-order valence-corrected chi connectivity index (χ0v) is 18.7. The van der Waals surface area contributed by atoms with Crippen molar-refractivity contribution in [1.82, 2.24) is 25.3 Å². The number of hydrogen-bond acceptors (Lipinski definition) is 4. The SMILES string of the molecule is CCOC(=O)NC(CNC(=NC)N(C)Cc1cn(C)nc1C(C)C)CC(C)C. The lowest BCUT2D eigenvalue weighted by Crippen LogP contribution is -2.48. The zero-order valence-electron chi connectivity index (χ0n) is 18.7. The summed E-state index contributed by atoms with van der Waals surface area (Å²) in [6, 6.07) is -0.0335. The summed E-state index contributed by atoms with van der Waals surface area (Å²) in [5.41, 5.74) is 2.29. The van der Waals surface area contributed by atoms with Crippen molar-refractivity contribution < 1.29 is 9.53 Å². The number of amides is 1. The number of hydrogen-bond donors (Lipinski definition) is 2. The van der Waals surface area contributed by atoms with E-state index in [4.69, 9.17) is 4.74 Å². The summed E-state index contributed by atoms with van der Waals surface area (Å²) in [7, 11) is 5.71. The number of guanidine groups is 1. The van der Waals surface area contributed by atoms with E-state index in [0.29, 0.717) is 31.5 Å².